The van der Waals surface area contributed by atoms with Gasteiger partial charge in [0.2, 0.25) is 0 Å². The van der Waals surface area contributed by atoms with Crippen molar-refractivity contribution in [2.45, 2.75) is 18.9 Å². The van der Waals surface area contributed by atoms with Crippen molar-refractivity contribution in [1.82, 2.24) is 10.6 Å². The first-order valence-corrected chi connectivity index (χ1v) is 9.27. The molecule has 0 radical (unpaired) electrons. The van der Waals surface area contributed by atoms with E-state index in [1.807, 2.05) is 30.3 Å². The van der Waals surface area contributed by atoms with Crippen LogP contribution in [0.1, 0.15) is 28.8 Å². The molecule has 3 rings (SSSR count). The molecule has 0 unspecified atom stereocenters. The Morgan fingerprint density at radius 2 is 1.89 bits per heavy atom. The van der Waals surface area contributed by atoms with Crippen LogP contribution in [0.5, 0.6) is 5.75 Å². The molecule has 6 heteroatoms. The molecule has 2 amide bonds. The van der Waals surface area contributed by atoms with Crippen molar-refractivity contribution in [3.05, 3.63) is 71.4 Å². The van der Waals surface area contributed by atoms with Gasteiger partial charge in [0.25, 0.3) is 11.8 Å². The van der Waals surface area contributed by atoms with Crippen LogP contribution in [-0.4, -0.2) is 38.2 Å². The fourth-order valence-corrected chi connectivity index (χ4v) is 2.92. The highest BCUT2D eigenvalue weighted by molar-refractivity contribution is 6.05. The molecular weight excluding hydrogens is 356 g/mol. The molecule has 1 atom stereocenters. The van der Waals surface area contributed by atoms with Crippen LogP contribution in [0.2, 0.25) is 0 Å². The molecule has 6 nitrogen and oxygen atoms in total. The molecule has 0 bridgehead atoms. The van der Waals surface area contributed by atoms with Gasteiger partial charge in [-0.25, -0.2) is 0 Å². The lowest BCUT2D eigenvalue weighted by atomic mass is 10.1. The first kappa shape index (κ1) is 19.6. The van der Waals surface area contributed by atoms with Crippen LogP contribution in [0.25, 0.3) is 6.08 Å². The Hall–Kier alpha value is -3.12. The minimum Gasteiger partial charge on any atom is -0.497 e. The smallest absolute Gasteiger partial charge is 0.267 e. The summed E-state index contributed by atoms with van der Waals surface area (Å²) in [6, 6.07) is 16.1. The number of amides is 2. The van der Waals surface area contributed by atoms with Gasteiger partial charge in [-0.3, -0.25) is 9.59 Å². The van der Waals surface area contributed by atoms with Crippen LogP contribution in [0.3, 0.4) is 0 Å². The maximum Gasteiger partial charge on any atom is 0.267 e. The lowest BCUT2D eigenvalue weighted by molar-refractivity contribution is -0.118. The Labute approximate surface area is 164 Å². The number of nitrogens with one attached hydrogen (secondary N) is 2. The number of benzene rings is 2. The highest BCUT2D eigenvalue weighted by atomic mass is 16.5. The average molecular weight is 380 g/mol. The number of rotatable bonds is 7. The Bertz CT molecular complexity index is 825. The fraction of sp³-hybridized carbons (Fsp3) is 0.273. The van der Waals surface area contributed by atoms with Crippen LogP contribution < -0.4 is 15.4 Å². The Morgan fingerprint density at radius 3 is 2.54 bits per heavy atom. The molecule has 0 aromatic heterocycles. The van der Waals surface area contributed by atoms with Crippen LogP contribution in [0, 0.1) is 0 Å². The summed E-state index contributed by atoms with van der Waals surface area (Å²) in [4.78, 5) is 25.3. The van der Waals surface area contributed by atoms with Crippen LogP contribution >= 0.6 is 0 Å². The number of ether oxygens (including phenoxy) is 2. The van der Waals surface area contributed by atoms with E-state index < -0.39 is 0 Å². The fourth-order valence-electron chi connectivity index (χ4n) is 2.92. The molecule has 2 aromatic rings. The zero-order valence-electron chi connectivity index (χ0n) is 15.8. The monoisotopic (exact) mass is 380 g/mol. The first-order chi connectivity index (χ1) is 13.7. The molecule has 1 aliphatic rings. The lowest BCUT2D eigenvalue weighted by Crippen LogP contribution is -2.38. The standard InChI is InChI=1S/C22H24N2O4/c1-27-18-11-9-17(10-12-18)21(25)24-20(14-16-6-3-2-4-7-16)22(26)23-15-19-8-5-13-28-19/h2-4,6-7,9-12,14,19H,5,8,13,15H2,1H3,(H,23,26)(H,24,25)/b20-14-/t19-/m1/s1. The van der Waals surface area contributed by atoms with Gasteiger partial charge >= 0.3 is 0 Å². The maximum absolute atomic E-state index is 12.7. The van der Waals surface area contributed by atoms with E-state index in [-0.39, 0.29) is 23.6 Å². The minimum absolute atomic E-state index is 0.0271. The highest BCUT2D eigenvalue weighted by Gasteiger charge is 2.19. The van der Waals surface area contributed by atoms with Crippen molar-refractivity contribution in [2.24, 2.45) is 0 Å². The van der Waals surface area contributed by atoms with Crippen molar-refractivity contribution in [2.75, 3.05) is 20.3 Å². The van der Waals surface area contributed by atoms with Gasteiger partial charge in [0.1, 0.15) is 11.4 Å². The van der Waals surface area contributed by atoms with Crippen molar-refractivity contribution < 1.29 is 19.1 Å². The number of methoxy groups -OCH3 is 1. The van der Waals surface area contributed by atoms with Gasteiger partial charge in [-0.05, 0) is 48.7 Å². The number of hydrogen-bond donors (Lipinski definition) is 2. The van der Waals surface area contributed by atoms with Gasteiger partial charge in [-0.15, -0.1) is 0 Å². The third kappa shape index (κ3) is 5.44. The highest BCUT2D eigenvalue weighted by Crippen LogP contribution is 2.13. The summed E-state index contributed by atoms with van der Waals surface area (Å²) >= 11 is 0. The summed E-state index contributed by atoms with van der Waals surface area (Å²) in [7, 11) is 1.56. The number of carbonyl (C=O) groups excluding carboxylic acids is 2. The predicted molar refractivity (Wildman–Crippen MR) is 107 cm³/mol. The van der Waals surface area contributed by atoms with E-state index in [1.165, 1.54) is 0 Å². The molecule has 146 valence electrons. The van der Waals surface area contributed by atoms with Gasteiger partial charge in [0.15, 0.2) is 0 Å². The number of carbonyl (C=O) groups is 2. The molecule has 2 aromatic carbocycles. The van der Waals surface area contributed by atoms with E-state index in [9.17, 15) is 9.59 Å². The van der Waals surface area contributed by atoms with E-state index in [1.54, 1.807) is 37.5 Å². The minimum atomic E-state index is -0.364. The molecule has 1 saturated heterocycles. The molecule has 0 aliphatic carbocycles. The normalized spacial score (nSPS) is 16.5. The van der Waals surface area contributed by atoms with Crippen molar-refractivity contribution in [1.29, 1.82) is 0 Å². The second-order valence-corrected chi connectivity index (χ2v) is 6.50. The molecule has 1 heterocycles. The molecule has 2 N–H and O–H groups in total. The third-order valence-corrected chi connectivity index (χ3v) is 4.47. The SMILES string of the molecule is COc1ccc(C(=O)N/C(=C\c2ccccc2)C(=O)NC[C@H]2CCCO2)cc1. The summed E-state index contributed by atoms with van der Waals surface area (Å²) in [5.74, 6) is -0.0516. The van der Waals surface area contributed by atoms with Gasteiger partial charge < -0.3 is 20.1 Å². The molecular formula is C22H24N2O4. The number of hydrogen-bond acceptors (Lipinski definition) is 4. The molecule has 0 saturated carbocycles. The molecule has 28 heavy (non-hydrogen) atoms. The van der Waals surface area contributed by atoms with Gasteiger partial charge in [-0.2, -0.15) is 0 Å². The van der Waals surface area contributed by atoms with Crippen LogP contribution in [-0.2, 0) is 9.53 Å². The van der Waals surface area contributed by atoms with E-state index in [0.29, 0.717) is 17.9 Å². The second-order valence-electron chi connectivity index (χ2n) is 6.50. The predicted octanol–water partition coefficient (Wildman–Crippen LogP) is 2.76. The average Bonchev–Trinajstić information content (AvgIpc) is 3.26. The Kier molecular flexibility index (Phi) is 6.81. The van der Waals surface area contributed by atoms with Gasteiger partial charge in [-0.1, -0.05) is 30.3 Å². The summed E-state index contributed by atoms with van der Waals surface area (Å²) in [5, 5.41) is 5.58. The second kappa shape index (κ2) is 9.71. The van der Waals surface area contributed by atoms with Crippen LogP contribution in [0.4, 0.5) is 0 Å². The largest absolute Gasteiger partial charge is 0.497 e. The van der Waals surface area contributed by atoms with E-state index >= 15 is 0 Å². The van der Waals surface area contributed by atoms with E-state index in [4.69, 9.17) is 9.47 Å². The molecule has 1 fully saturated rings. The summed E-state index contributed by atoms with van der Waals surface area (Å²) in [5.41, 5.74) is 1.44. The van der Waals surface area contributed by atoms with Crippen molar-refractivity contribution in [3.8, 4) is 5.75 Å². The van der Waals surface area contributed by atoms with E-state index in [0.717, 1.165) is 25.0 Å². The first-order valence-electron chi connectivity index (χ1n) is 9.27. The third-order valence-electron chi connectivity index (χ3n) is 4.47. The van der Waals surface area contributed by atoms with E-state index in [2.05, 4.69) is 10.6 Å². The molecule has 0 spiro atoms. The molecule has 1 aliphatic heterocycles. The van der Waals surface area contributed by atoms with Crippen molar-refractivity contribution in [3.63, 3.8) is 0 Å². The van der Waals surface area contributed by atoms with Gasteiger partial charge in [0, 0.05) is 18.7 Å². The topological polar surface area (TPSA) is 76.7 Å². The van der Waals surface area contributed by atoms with Crippen molar-refractivity contribution >= 4 is 17.9 Å². The zero-order valence-corrected chi connectivity index (χ0v) is 15.8. The quantitative estimate of drug-likeness (QED) is 0.724. The maximum atomic E-state index is 12.7. The zero-order chi connectivity index (χ0) is 19.8. The Balaban J connectivity index is 1.73. The van der Waals surface area contributed by atoms with Crippen LogP contribution in [0.15, 0.2) is 60.3 Å². The summed E-state index contributed by atoms with van der Waals surface area (Å²) < 4.78 is 10.6. The summed E-state index contributed by atoms with van der Waals surface area (Å²) in [6.07, 6.45) is 3.61. The Morgan fingerprint density at radius 1 is 1.14 bits per heavy atom. The summed E-state index contributed by atoms with van der Waals surface area (Å²) in [6.45, 7) is 1.14. The lowest BCUT2D eigenvalue weighted by Gasteiger charge is -2.14. The van der Waals surface area contributed by atoms with Gasteiger partial charge in [0.05, 0.1) is 13.2 Å².